The highest BCUT2D eigenvalue weighted by Crippen LogP contribution is 2.22. The van der Waals surface area contributed by atoms with Crippen molar-refractivity contribution in [3.63, 3.8) is 0 Å². The number of hydrogen-bond acceptors (Lipinski definition) is 6. The maximum atomic E-state index is 5.28. The molecule has 1 fully saturated rings. The number of nitrogens with zero attached hydrogens (tertiary/aromatic N) is 3. The molecule has 18 heavy (non-hydrogen) atoms. The summed E-state index contributed by atoms with van der Waals surface area (Å²) in [5.74, 6) is 1.38. The molecule has 1 aliphatic rings. The molecule has 0 aromatic carbocycles. The number of aromatic nitrogens is 2. The molecular weight excluding hydrogens is 248 g/mol. The monoisotopic (exact) mass is 264 g/mol. The summed E-state index contributed by atoms with van der Waals surface area (Å²) >= 11 is 1.61. The topological polar surface area (TPSA) is 54.2 Å². The third kappa shape index (κ3) is 2.45. The molecule has 0 spiro atoms. The minimum absolute atomic E-state index is 0.577. The van der Waals surface area contributed by atoms with Crippen molar-refractivity contribution in [2.75, 3.05) is 20.1 Å². The van der Waals surface area contributed by atoms with E-state index in [9.17, 15) is 0 Å². The summed E-state index contributed by atoms with van der Waals surface area (Å²) in [6.45, 7) is 2.88. The molecule has 1 atom stereocenters. The molecule has 2 aromatic rings. The molecule has 0 bridgehead atoms. The first-order valence-corrected chi connectivity index (χ1v) is 6.98. The molecule has 6 heteroatoms. The molecule has 96 valence electrons. The van der Waals surface area contributed by atoms with Gasteiger partial charge < -0.3 is 9.84 Å². The van der Waals surface area contributed by atoms with Gasteiger partial charge in [-0.1, -0.05) is 11.2 Å². The Morgan fingerprint density at radius 3 is 3.28 bits per heavy atom. The Morgan fingerprint density at radius 2 is 2.56 bits per heavy atom. The van der Waals surface area contributed by atoms with Crippen molar-refractivity contribution >= 4 is 11.3 Å². The van der Waals surface area contributed by atoms with Crippen molar-refractivity contribution in [1.29, 1.82) is 0 Å². The number of thiophene rings is 1. The van der Waals surface area contributed by atoms with Gasteiger partial charge in [0.2, 0.25) is 0 Å². The van der Waals surface area contributed by atoms with Crippen molar-refractivity contribution in [3.8, 4) is 10.8 Å². The van der Waals surface area contributed by atoms with E-state index in [0.717, 1.165) is 30.3 Å². The van der Waals surface area contributed by atoms with Crippen LogP contribution >= 0.6 is 11.3 Å². The molecule has 5 nitrogen and oxygen atoms in total. The lowest BCUT2D eigenvalue weighted by Crippen LogP contribution is -2.33. The zero-order valence-corrected chi connectivity index (χ0v) is 11.1. The van der Waals surface area contributed by atoms with E-state index in [-0.39, 0.29) is 0 Å². The first-order chi connectivity index (χ1) is 8.83. The number of likely N-dealkylation sites (N-methyl/N-ethyl adjacent to an activating group) is 1. The van der Waals surface area contributed by atoms with Crippen molar-refractivity contribution in [3.05, 3.63) is 23.3 Å². The second kappa shape index (κ2) is 5.17. The molecule has 2 aromatic heterocycles. The highest BCUT2D eigenvalue weighted by molar-refractivity contribution is 7.13. The van der Waals surface area contributed by atoms with Crippen LogP contribution in [0.1, 0.15) is 12.2 Å². The van der Waals surface area contributed by atoms with Gasteiger partial charge in [-0.2, -0.15) is 4.98 Å². The largest absolute Gasteiger partial charge is 0.333 e. The second-order valence-corrected chi connectivity index (χ2v) is 5.50. The fraction of sp³-hybridized carbons (Fsp3) is 0.500. The van der Waals surface area contributed by atoms with Gasteiger partial charge in [-0.25, -0.2) is 0 Å². The Morgan fingerprint density at radius 1 is 1.61 bits per heavy atom. The van der Waals surface area contributed by atoms with Crippen molar-refractivity contribution in [2.24, 2.45) is 0 Å². The number of rotatable bonds is 4. The fourth-order valence-electron chi connectivity index (χ4n) is 2.19. The normalized spacial score (nSPS) is 19.8. The molecule has 1 aliphatic heterocycles. The lowest BCUT2D eigenvalue weighted by molar-refractivity contribution is 0.239. The van der Waals surface area contributed by atoms with E-state index < -0.39 is 0 Å². The maximum absolute atomic E-state index is 5.28. The number of hydrogen-bond donors (Lipinski definition) is 1. The maximum Gasteiger partial charge on any atom is 0.268 e. The van der Waals surface area contributed by atoms with Gasteiger partial charge in [-0.05, 0) is 31.5 Å². The van der Waals surface area contributed by atoms with Crippen LogP contribution in [0.2, 0.25) is 0 Å². The molecule has 1 N–H and O–H groups in total. The summed E-state index contributed by atoms with van der Waals surface area (Å²) < 4.78 is 5.28. The molecule has 1 saturated heterocycles. The quantitative estimate of drug-likeness (QED) is 0.909. The van der Waals surface area contributed by atoms with Gasteiger partial charge >= 0.3 is 0 Å². The lowest BCUT2D eigenvalue weighted by Gasteiger charge is -2.21. The molecule has 1 unspecified atom stereocenters. The fourth-order valence-corrected chi connectivity index (χ4v) is 2.83. The number of nitrogens with one attached hydrogen (secondary N) is 1. The second-order valence-electron chi connectivity index (χ2n) is 4.55. The van der Waals surface area contributed by atoms with Gasteiger partial charge in [0, 0.05) is 12.6 Å². The summed E-state index contributed by atoms with van der Waals surface area (Å²) in [6, 6.07) is 4.56. The van der Waals surface area contributed by atoms with Gasteiger partial charge in [-0.3, -0.25) is 4.90 Å². The Hall–Kier alpha value is -1.24. The van der Waals surface area contributed by atoms with E-state index >= 15 is 0 Å². The van der Waals surface area contributed by atoms with Gasteiger partial charge in [0.25, 0.3) is 5.89 Å². The minimum atomic E-state index is 0.577. The van der Waals surface area contributed by atoms with Gasteiger partial charge in [0.05, 0.1) is 11.4 Å². The van der Waals surface area contributed by atoms with Gasteiger partial charge in [0.1, 0.15) is 0 Å². The third-order valence-electron chi connectivity index (χ3n) is 3.25. The molecule has 0 aliphatic carbocycles. The van der Waals surface area contributed by atoms with Crippen LogP contribution in [0.4, 0.5) is 0 Å². The molecular formula is C12H16N4OS. The zero-order chi connectivity index (χ0) is 12.4. The lowest BCUT2D eigenvalue weighted by atomic mass is 10.2. The van der Waals surface area contributed by atoms with E-state index in [1.807, 2.05) is 17.5 Å². The van der Waals surface area contributed by atoms with E-state index in [0.29, 0.717) is 11.9 Å². The molecule has 3 heterocycles. The predicted octanol–water partition coefficient (Wildman–Crippen LogP) is 1.59. The zero-order valence-electron chi connectivity index (χ0n) is 10.3. The van der Waals surface area contributed by atoms with Crippen molar-refractivity contribution in [2.45, 2.75) is 19.0 Å². The van der Waals surface area contributed by atoms with Crippen LogP contribution in [0.5, 0.6) is 0 Å². The summed E-state index contributed by atoms with van der Waals surface area (Å²) in [6.07, 6.45) is 1.19. The van der Waals surface area contributed by atoms with Crippen LogP contribution in [-0.4, -0.2) is 41.2 Å². The summed E-state index contributed by atoms with van der Waals surface area (Å²) in [4.78, 5) is 7.74. The Bertz CT molecular complexity index is 490. The van der Waals surface area contributed by atoms with Crippen LogP contribution in [0, 0.1) is 0 Å². The van der Waals surface area contributed by atoms with Gasteiger partial charge in [-0.15, -0.1) is 11.3 Å². The average molecular weight is 264 g/mol. The van der Waals surface area contributed by atoms with E-state index in [4.69, 9.17) is 4.52 Å². The average Bonchev–Trinajstić information content (AvgIpc) is 3.12. The Kier molecular flexibility index (Phi) is 3.40. The van der Waals surface area contributed by atoms with E-state index in [2.05, 4.69) is 27.4 Å². The third-order valence-corrected chi connectivity index (χ3v) is 4.11. The summed E-state index contributed by atoms with van der Waals surface area (Å²) in [5, 5.41) is 9.41. The van der Waals surface area contributed by atoms with E-state index in [1.54, 1.807) is 11.3 Å². The first-order valence-electron chi connectivity index (χ1n) is 6.10. The SMILES string of the molecule is CN(Cc1noc(-c2cccs2)n1)C1CCNC1. The molecule has 0 amide bonds. The van der Waals surface area contributed by atoms with Crippen LogP contribution in [0.3, 0.4) is 0 Å². The van der Waals surface area contributed by atoms with Gasteiger partial charge in [0.15, 0.2) is 5.82 Å². The van der Waals surface area contributed by atoms with Crippen molar-refractivity contribution in [1.82, 2.24) is 20.4 Å². The minimum Gasteiger partial charge on any atom is -0.333 e. The van der Waals surface area contributed by atoms with Crippen LogP contribution < -0.4 is 5.32 Å². The highest BCUT2D eigenvalue weighted by Gasteiger charge is 2.21. The Balaban J connectivity index is 1.66. The molecule has 0 radical (unpaired) electrons. The standard InChI is InChI=1S/C12H16N4OS/c1-16(9-4-5-13-7-9)8-11-14-12(17-15-11)10-3-2-6-18-10/h2-3,6,9,13H,4-5,7-8H2,1H3. The molecule has 3 rings (SSSR count). The van der Waals surface area contributed by atoms with E-state index in [1.165, 1.54) is 6.42 Å². The Labute approximate surface area is 110 Å². The predicted molar refractivity (Wildman–Crippen MR) is 70.4 cm³/mol. The van der Waals surface area contributed by atoms with Crippen LogP contribution in [-0.2, 0) is 6.54 Å². The summed E-state index contributed by atoms with van der Waals surface area (Å²) in [7, 11) is 2.11. The summed E-state index contributed by atoms with van der Waals surface area (Å²) in [5.41, 5.74) is 0. The van der Waals surface area contributed by atoms with Crippen LogP contribution in [0.15, 0.2) is 22.0 Å². The molecule has 0 saturated carbocycles. The van der Waals surface area contributed by atoms with Crippen molar-refractivity contribution < 1.29 is 4.52 Å². The highest BCUT2D eigenvalue weighted by atomic mass is 32.1. The smallest absolute Gasteiger partial charge is 0.268 e. The first kappa shape index (κ1) is 11.8. The van der Waals surface area contributed by atoms with Crippen LogP contribution in [0.25, 0.3) is 10.8 Å².